The molecule has 0 spiro atoms. The third kappa shape index (κ3) is 2.07. The fourth-order valence-electron chi connectivity index (χ4n) is 2.47. The van der Waals surface area contributed by atoms with Crippen molar-refractivity contribution in [2.24, 2.45) is 5.18 Å². The van der Waals surface area contributed by atoms with E-state index in [2.05, 4.69) is 10.2 Å². The van der Waals surface area contributed by atoms with Crippen molar-refractivity contribution in [3.05, 3.63) is 52.6 Å². The van der Waals surface area contributed by atoms with Crippen molar-refractivity contribution in [1.29, 1.82) is 0 Å². The smallest absolute Gasteiger partial charge is 0.209 e. The number of hydrogen-bond acceptors (Lipinski definition) is 4. The van der Waals surface area contributed by atoms with Crippen LogP contribution < -0.4 is 4.74 Å². The number of hydrogen-bond donors (Lipinski definition) is 0. The van der Waals surface area contributed by atoms with Crippen molar-refractivity contribution in [3.8, 4) is 17.0 Å². The predicted octanol–water partition coefficient (Wildman–Crippen LogP) is 4.02. The predicted molar refractivity (Wildman–Crippen MR) is 82.1 cm³/mol. The Morgan fingerprint density at radius 2 is 2.05 bits per heavy atom. The Kier molecular flexibility index (Phi) is 3.17. The first kappa shape index (κ1) is 13.3. The molecule has 2 aromatic heterocycles. The van der Waals surface area contributed by atoms with Gasteiger partial charge in [0.1, 0.15) is 17.1 Å². The number of nitroso groups, excluding NO2 is 1. The highest BCUT2D eigenvalue weighted by molar-refractivity contribution is 5.79. The van der Waals surface area contributed by atoms with Crippen LogP contribution in [0.5, 0.6) is 5.75 Å². The molecule has 1 aromatic carbocycles. The van der Waals surface area contributed by atoms with Crippen LogP contribution in [0.4, 0.5) is 5.82 Å². The summed E-state index contributed by atoms with van der Waals surface area (Å²) in [6.07, 6.45) is 1.79. The second kappa shape index (κ2) is 5.01. The van der Waals surface area contributed by atoms with Crippen LogP contribution in [-0.2, 0) is 0 Å². The van der Waals surface area contributed by atoms with Gasteiger partial charge in [-0.2, -0.15) is 0 Å². The van der Waals surface area contributed by atoms with Crippen LogP contribution in [0.25, 0.3) is 16.9 Å². The van der Waals surface area contributed by atoms with E-state index in [0.29, 0.717) is 11.4 Å². The van der Waals surface area contributed by atoms with Crippen molar-refractivity contribution in [2.45, 2.75) is 13.8 Å². The van der Waals surface area contributed by atoms with E-state index in [-0.39, 0.29) is 5.82 Å². The molecule has 21 heavy (non-hydrogen) atoms. The van der Waals surface area contributed by atoms with Gasteiger partial charge in [0.15, 0.2) is 0 Å². The Labute approximate surface area is 122 Å². The average molecular weight is 281 g/mol. The Bertz CT molecular complexity index is 837. The molecule has 2 heterocycles. The Balaban J connectivity index is 2.37. The first-order valence-corrected chi connectivity index (χ1v) is 6.61. The SMILES string of the molecule is COc1ccc(C)cc1-c1nc2c(C)cccn2c1N=O. The van der Waals surface area contributed by atoms with E-state index < -0.39 is 0 Å². The Morgan fingerprint density at radius 3 is 2.76 bits per heavy atom. The monoisotopic (exact) mass is 281 g/mol. The van der Waals surface area contributed by atoms with Crippen LogP contribution in [0.15, 0.2) is 41.7 Å². The van der Waals surface area contributed by atoms with Gasteiger partial charge in [-0.25, -0.2) is 4.98 Å². The van der Waals surface area contributed by atoms with E-state index in [1.165, 1.54) is 0 Å². The van der Waals surface area contributed by atoms with Crippen LogP contribution >= 0.6 is 0 Å². The first-order chi connectivity index (χ1) is 10.2. The van der Waals surface area contributed by atoms with Gasteiger partial charge in [0.2, 0.25) is 5.82 Å². The minimum atomic E-state index is 0.289. The zero-order valence-corrected chi connectivity index (χ0v) is 12.1. The van der Waals surface area contributed by atoms with Crippen molar-refractivity contribution < 1.29 is 4.74 Å². The molecule has 0 bridgehead atoms. The maximum atomic E-state index is 11.3. The molecule has 0 aliphatic rings. The van der Waals surface area contributed by atoms with Gasteiger partial charge in [-0.1, -0.05) is 17.7 Å². The summed E-state index contributed by atoms with van der Waals surface area (Å²) < 4.78 is 7.10. The summed E-state index contributed by atoms with van der Waals surface area (Å²) in [4.78, 5) is 15.9. The summed E-state index contributed by atoms with van der Waals surface area (Å²) in [5.41, 5.74) is 4.09. The Hall–Kier alpha value is -2.69. The van der Waals surface area contributed by atoms with Gasteiger partial charge in [0, 0.05) is 11.8 Å². The molecule has 106 valence electrons. The number of ether oxygens (including phenoxy) is 1. The maximum Gasteiger partial charge on any atom is 0.209 e. The van der Waals surface area contributed by atoms with Crippen LogP contribution in [0.2, 0.25) is 0 Å². The van der Waals surface area contributed by atoms with Gasteiger partial charge in [0.05, 0.1) is 7.11 Å². The van der Waals surface area contributed by atoms with E-state index in [0.717, 1.165) is 22.3 Å². The van der Waals surface area contributed by atoms with E-state index in [4.69, 9.17) is 4.74 Å². The quantitative estimate of drug-likeness (QED) is 0.681. The first-order valence-electron chi connectivity index (χ1n) is 6.61. The van der Waals surface area contributed by atoms with Gasteiger partial charge in [-0.15, -0.1) is 4.91 Å². The minimum absolute atomic E-state index is 0.289. The topological polar surface area (TPSA) is 56.0 Å². The average Bonchev–Trinajstić information content (AvgIpc) is 2.87. The molecule has 0 amide bonds. The molecule has 0 fully saturated rings. The molecule has 3 aromatic rings. The zero-order chi connectivity index (χ0) is 15.0. The van der Waals surface area contributed by atoms with Crippen LogP contribution in [-0.4, -0.2) is 16.5 Å². The van der Waals surface area contributed by atoms with E-state index in [1.807, 2.05) is 44.2 Å². The van der Waals surface area contributed by atoms with Gasteiger partial charge in [0.25, 0.3) is 0 Å². The molecule has 0 radical (unpaired) electrons. The fourth-order valence-corrected chi connectivity index (χ4v) is 2.47. The lowest BCUT2D eigenvalue weighted by Crippen LogP contribution is -1.89. The summed E-state index contributed by atoms with van der Waals surface area (Å²) in [5, 5.41) is 3.18. The molecule has 0 saturated carbocycles. The van der Waals surface area contributed by atoms with Gasteiger partial charge < -0.3 is 4.74 Å². The number of imidazole rings is 1. The minimum Gasteiger partial charge on any atom is -0.496 e. The lowest BCUT2D eigenvalue weighted by atomic mass is 10.1. The lowest BCUT2D eigenvalue weighted by Gasteiger charge is -2.07. The number of pyridine rings is 1. The van der Waals surface area contributed by atoms with Gasteiger partial charge in [-0.3, -0.25) is 4.40 Å². The number of aryl methyl sites for hydroxylation is 2. The highest BCUT2D eigenvalue weighted by atomic mass is 16.5. The van der Waals surface area contributed by atoms with E-state index >= 15 is 0 Å². The van der Waals surface area contributed by atoms with Crippen molar-refractivity contribution in [1.82, 2.24) is 9.38 Å². The molecule has 0 saturated heterocycles. The standard InChI is InChI=1S/C16H15N3O2/c1-10-6-7-13(21-3)12(9-10)14-16(18-20)19-8-4-5-11(2)15(19)17-14/h4-9H,1-3H3. The highest BCUT2D eigenvalue weighted by Gasteiger charge is 2.19. The van der Waals surface area contributed by atoms with E-state index in [9.17, 15) is 4.91 Å². The number of fused-ring (bicyclic) bond motifs is 1. The molecule has 0 aliphatic heterocycles. The van der Waals surface area contributed by atoms with Gasteiger partial charge >= 0.3 is 0 Å². The fraction of sp³-hybridized carbons (Fsp3) is 0.188. The van der Waals surface area contributed by atoms with Crippen molar-refractivity contribution >= 4 is 11.5 Å². The molecular formula is C16H15N3O2. The molecule has 5 nitrogen and oxygen atoms in total. The molecular weight excluding hydrogens is 266 g/mol. The number of aromatic nitrogens is 2. The Morgan fingerprint density at radius 1 is 1.24 bits per heavy atom. The molecule has 3 rings (SSSR count). The second-order valence-corrected chi connectivity index (χ2v) is 4.96. The van der Waals surface area contributed by atoms with E-state index in [1.54, 1.807) is 17.7 Å². The summed E-state index contributed by atoms with van der Waals surface area (Å²) >= 11 is 0. The number of nitrogens with zero attached hydrogens (tertiary/aromatic N) is 3. The van der Waals surface area contributed by atoms with Crippen molar-refractivity contribution in [3.63, 3.8) is 0 Å². The maximum absolute atomic E-state index is 11.3. The second-order valence-electron chi connectivity index (χ2n) is 4.96. The van der Waals surface area contributed by atoms with Crippen LogP contribution in [0.3, 0.4) is 0 Å². The largest absolute Gasteiger partial charge is 0.496 e. The molecule has 0 atom stereocenters. The highest BCUT2D eigenvalue weighted by Crippen LogP contribution is 2.37. The number of methoxy groups -OCH3 is 1. The summed E-state index contributed by atoms with van der Waals surface area (Å²) in [7, 11) is 1.60. The lowest BCUT2D eigenvalue weighted by molar-refractivity contribution is 0.416. The zero-order valence-electron chi connectivity index (χ0n) is 12.1. The van der Waals surface area contributed by atoms with Crippen LogP contribution in [0, 0.1) is 18.8 Å². The third-order valence-electron chi connectivity index (χ3n) is 3.52. The summed E-state index contributed by atoms with van der Waals surface area (Å²) in [6.45, 7) is 3.94. The third-order valence-corrected chi connectivity index (χ3v) is 3.52. The van der Waals surface area contributed by atoms with Gasteiger partial charge in [-0.05, 0) is 42.8 Å². The van der Waals surface area contributed by atoms with Crippen molar-refractivity contribution in [2.75, 3.05) is 7.11 Å². The molecule has 5 heteroatoms. The molecule has 0 unspecified atom stereocenters. The summed E-state index contributed by atoms with van der Waals surface area (Å²) in [6, 6.07) is 9.60. The normalized spacial score (nSPS) is 10.8. The summed E-state index contributed by atoms with van der Waals surface area (Å²) in [5.74, 6) is 0.962. The van der Waals surface area contributed by atoms with Crippen LogP contribution in [0.1, 0.15) is 11.1 Å². The number of rotatable bonds is 3. The molecule has 0 N–H and O–H groups in total. The molecule has 0 aliphatic carbocycles. The number of benzene rings is 1.